The van der Waals surface area contributed by atoms with E-state index in [2.05, 4.69) is 91.7 Å². The van der Waals surface area contributed by atoms with Crippen LogP contribution in [0.25, 0.3) is 0 Å². The maximum absolute atomic E-state index is 12.5. The van der Waals surface area contributed by atoms with Gasteiger partial charge in [0.2, 0.25) is 8.87 Å². The van der Waals surface area contributed by atoms with Crippen LogP contribution in [0, 0.1) is 18.8 Å². The number of aryl methyl sites for hydroxylation is 1. The summed E-state index contributed by atoms with van der Waals surface area (Å²) in [5, 5.41) is 0.206. The molecule has 0 spiro atoms. The minimum absolute atomic E-state index is 0.00397. The van der Waals surface area contributed by atoms with Crippen molar-refractivity contribution in [2.24, 2.45) is 0 Å². The summed E-state index contributed by atoms with van der Waals surface area (Å²) in [5.41, 5.74) is 2.91. The summed E-state index contributed by atoms with van der Waals surface area (Å²) in [7, 11) is -6.70. The van der Waals surface area contributed by atoms with Crippen molar-refractivity contribution in [3.05, 3.63) is 77.4 Å². The van der Waals surface area contributed by atoms with Gasteiger partial charge in [-0.15, -0.1) is 0 Å². The Labute approximate surface area is 284 Å². The van der Waals surface area contributed by atoms with E-state index in [-0.39, 0.29) is 45.8 Å². The van der Waals surface area contributed by atoms with E-state index in [0.717, 1.165) is 33.9 Å². The van der Waals surface area contributed by atoms with Crippen LogP contribution in [-0.4, -0.2) is 62.5 Å². The second kappa shape index (κ2) is 15.7. The van der Waals surface area contributed by atoms with Crippen molar-refractivity contribution in [1.82, 2.24) is 0 Å². The van der Waals surface area contributed by atoms with Crippen molar-refractivity contribution in [2.75, 3.05) is 19.2 Å². The van der Waals surface area contributed by atoms with Crippen LogP contribution in [0.4, 0.5) is 0 Å². The van der Waals surface area contributed by atoms with E-state index in [0.29, 0.717) is 6.61 Å². The van der Waals surface area contributed by atoms with Crippen molar-refractivity contribution in [3.8, 4) is 11.8 Å². The molecule has 0 bridgehead atoms. The Morgan fingerprint density at radius 3 is 2.20 bits per heavy atom. The maximum Gasteiger partial charge on any atom is 0.232 e. The van der Waals surface area contributed by atoms with Crippen LogP contribution in [0.5, 0.6) is 0 Å². The lowest BCUT2D eigenvalue weighted by atomic mass is 10.0. The summed E-state index contributed by atoms with van der Waals surface area (Å²) in [6.45, 7) is 25.3. The number of benzene rings is 1. The second-order valence-electron chi connectivity index (χ2n) is 15.0. The van der Waals surface area contributed by atoms with Crippen LogP contribution in [-0.2, 0) is 27.2 Å². The van der Waals surface area contributed by atoms with Crippen LogP contribution in [0.2, 0.25) is 36.3 Å². The van der Waals surface area contributed by atoms with Gasteiger partial charge in [-0.25, -0.2) is 8.42 Å². The largest absolute Gasteiger partial charge is 0.414 e. The molecule has 1 fully saturated rings. The van der Waals surface area contributed by atoms with E-state index in [1.807, 2.05) is 31.2 Å². The Morgan fingerprint density at radius 2 is 1.57 bits per heavy atom. The second-order valence-corrected chi connectivity index (χ2v) is 28.5. The van der Waals surface area contributed by atoms with Gasteiger partial charge >= 0.3 is 0 Å². The van der Waals surface area contributed by atoms with Crippen molar-refractivity contribution >= 4 is 36.3 Å². The summed E-state index contributed by atoms with van der Waals surface area (Å²) in [5.74, 6) is 6.15. The predicted molar refractivity (Wildman–Crippen MR) is 197 cm³/mol. The topological polar surface area (TPSA) is 71.1 Å². The van der Waals surface area contributed by atoms with Gasteiger partial charge in [-0.2, -0.15) is 0 Å². The molecule has 0 saturated carbocycles. The Hall–Kier alpha value is -1.69. The predicted octanol–water partition coefficient (Wildman–Crippen LogP) is 8.94. The molecule has 3 rings (SSSR count). The maximum atomic E-state index is 12.5. The van der Waals surface area contributed by atoms with E-state index in [1.54, 1.807) is 24.3 Å². The van der Waals surface area contributed by atoms with Gasteiger partial charge in [-0.1, -0.05) is 95.4 Å². The quantitative estimate of drug-likeness (QED) is 0.0750. The lowest BCUT2D eigenvalue weighted by Crippen LogP contribution is -2.48. The number of hydrogen-bond acceptors (Lipinski definition) is 7. The highest BCUT2D eigenvalue weighted by Gasteiger charge is 2.46. The first-order valence-electron chi connectivity index (χ1n) is 16.0. The van der Waals surface area contributed by atoms with E-state index >= 15 is 0 Å². The van der Waals surface area contributed by atoms with E-state index in [1.165, 1.54) is 0 Å². The number of ether oxygens (including phenoxy) is 2. The smallest absolute Gasteiger partial charge is 0.232 e. The molecule has 0 N–H and O–H groups in total. The molecule has 3 unspecified atom stereocenters. The van der Waals surface area contributed by atoms with E-state index < -0.39 is 25.5 Å². The molecule has 1 aromatic carbocycles. The Morgan fingerprint density at radius 1 is 0.935 bits per heavy atom. The highest BCUT2D eigenvalue weighted by molar-refractivity contribution is 8.72. The molecule has 6 nitrogen and oxygen atoms in total. The van der Waals surface area contributed by atoms with E-state index in [4.69, 9.17) is 18.3 Å². The number of rotatable bonds is 11. The molecule has 1 aliphatic carbocycles. The minimum Gasteiger partial charge on any atom is -0.414 e. The fourth-order valence-corrected chi connectivity index (χ4v) is 8.87. The van der Waals surface area contributed by atoms with Gasteiger partial charge in [0.15, 0.2) is 16.6 Å². The van der Waals surface area contributed by atoms with Crippen LogP contribution in [0.15, 0.2) is 76.8 Å². The lowest BCUT2D eigenvalue weighted by molar-refractivity contribution is -0.00563. The third kappa shape index (κ3) is 10.9. The molecule has 0 amide bonds. The number of allylic oxidation sites excluding steroid dienone is 6. The monoisotopic (exact) mass is 702 g/mol. The van der Waals surface area contributed by atoms with Crippen molar-refractivity contribution < 1.29 is 26.7 Å². The summed E-state index contributed by atoms with van der Waals surface area (Å²) in [6, 6.07) is 6.80. The summed E-state index contributed by atoms with van der Waals surface area (Å²) < 4.78 is 50.8. The first-order valence-corrected chi connectivity index (χ1v) is 24.8. The molecule has 10 heteroatoms. The SMILES string of the molecule is Cc1ccc(S(=O)(=O)SCOCC#CC2=C/C=C\C=C(\C3CC(O[Si](C)(C)C(C)(C)C)C(CO[Si](C)(C)C(C)(C)C)O3)C=C2)cc1. The van der Waals surface area contributed by atoms with Gasteiger partial charge < -0.3 is 18.3 Å². The molecule has 3 atom stereocenters. The molecule has 1 aliphatic heterocycles. The molecule has 2 aliphatic rings. The Kier molecular flexibility index (Phi) is 13.2. The fourth-order valence-electron chi connectivity index (χ4n) is 4.29. The minimum atomic E-state index is -3.47. The first-order chi connectivity index (χ1) is 21.2. The summed E-state index contributed by atoms with van der Waals surface area (Å²) in [6.07, 6.45) is 12.5. The average Bonchev–Trinajstić information content (AvgIpc) is 3.31. The average molecular weight is 703 g/mol. The molecule has 1 aromatic rings. The standard InChI is InChI=1S/C36H54O6S2Si2/c1-28-18-22-31(23-19-28)44(37,38)43-27-39-24-14-16-29-15-12-13-17-30(21-20-29)32-25-33(42-46(10,11)36(5,6)7)34(41-32)26-40-45(8,9)35(2,3)4/h12-13,15,17-23,32-34H,24-27H2,1-11H3/b13-12-,15-12?,17-13?,21-20?,29-15?,29-20?,30-17+,30-21?. The summed E-state index contributed by atoms with van der Waals surface area (Å²) >= 11 is 0. The lowest BCUT2D eigenvalue weighted by Gasteiger charge is -2.40. The van der Waals surface area contributed by atoms with Crippen molar-refractivity contribution in [1.29, 1.82) is 0 Å². The molecule has 1 heterocycles. The van der Waals surface area contributed by atoms with Crippen molar-refractivity contribution in [2.45, 2.75) is 114 Å². The Bertz CT molecular complexity index is 1480. The van der Waals surface area contributed by atoms with Gasteiger partial charge in [0.05, 0.1) is 23.7 Å². The normalized spacial score (nSPS) is 23.1. The van der Waals surface area contributed by atoms with Gasteiger partial charge in [-0.05, 0) is 73.0 Å². The van der Waals surface area contributed by atoms with Crippen LogP contribution < -0.4 is 0 Å². The molecule has 254 valence electrons. The number of hydrogen-bond donors (Lipinski definition) is 0. The van der Waals surface area contributed by atoms with Gasteiger partial charge in [0.1, 0.15) is 18.6 Å². The fraction of sp³-hybridized carbons (Fsp3) is 0.556. The molecule has 46 heavy (non-hydrogen) atoms. The zero-order chi connectivity index (χ0) is 34.4. The molecule has 0 aromatic heterocycles. The van der Waals surface area contributed by atoms with Crippen LogP contribution in [0.1, 0.15) is 53.5 Å². The highest BCUT2D eigenvalue weighted by atomic mass is 33.1. The van der Waals surface area contributed by atoms with Crippen LogP contribution >= 0.6 is 10.8 Å². The molecular formula is C36H54O6S2Si2. The van der Waals surface area contributed by atoms with E-state index in [9.17, 15) is 8.42 Å². The van der Waals surface area contributed by atoms with Gasteiger partial charge in [-0.3, -0.25) is 0 Å². The zero-order valence-electron chi connectivity index (χ0n) is 29.6. The third-order valence-electron chi connectivity index (χ3n) is 9.37. The van der Waals surface area contributed by atoms with Gasteiger partial charge in [0.25, 0.3) is 0 Å². The summed E-state index contributed by atoms with van der Waals surface area (Å²) in [4.78, 5) is 0.275. The van der Waals surface area contributed by atoms with Gasteiger partial charge in [0, 0.05) is 22.8 Å². The third-order valence-corrected chi connectivity index (χ3v) is 21.6. The molecular weight excluding hydrogens is 649 g/mol. The zero-order valence-corrected chi connectivity index (χ0v) is 33.2. The molecule has 0 radical (unpaired) electrons. The molecule has 1 saturated heterocycles. The highest BCUT2D eigenvalue weighted by Crippen LogP contribution is 2.42. The first kappa shape index (κ1) is 38.8. The van der Waals surface area contributed by atoms with Crippen molar-refractivity contribution in [3.63, 3.8) is 0 Å². The Balaban J connectivity index is 1.63. The van der Waals surface area contributed by atoms with Crippen LogP contribution in [0.3, 0.4) is 0 Å².